The van der Waals surface area contributed by atoms with Gasteiger partial charge in [0.25, 0.3) is 5.91 Å². The van der Waals surface area contributed by atoms with Crippen molar-refractivity contribution >= 4 is 28.9 Å². The van der Waals surface area contributed by atoms with Crippen molar-refractivity contribution in [2.24, 2.45) is 11.0 Å². The maximum atomic E-state index is 12.6. The van der Waals surface area contributed by atoms with Gasteiger partial charge in [-0.3, -0.25) is 4.79 Å². The molecule has 0 radical (unpaired) electrons. The number of carbonyl (C=O) groups is 1. The average Bonchev–Trinajstić information content (AvgIpc) is 2.57. The zero-order valence-electron chi connectivity index (χ0n) is 9.07. The molecule has 0 aliphatic carbocycles. The maximum Gasteiger partial charge on any atom is 0.432 e. The van der Waals surface area contributed by atoms with Gasteiger partial charge in [0.05, 0.1) is 5.92 Å². The van der Waals surface area contributed by atoms with Crippen LogP contribution >= 0.6 is 11.6 Å². The first-order valence-corrected chi connectivity index (χ1v) is 5.30. The van der Waals surface area contributed by atoms with E-state index in [-0.39, 0.29) is 10.8 Å². The van der Waals surface area contributed by atoms with Gasteiger partial charge in [0, 0.05) is 6.20 Å². The van der Waals surface area contributed by atoms with E-state index in [0.29, 0.717) is 5.01 Å². The highest BCUT2D eigenvalue weighted by Crippen LogP contribution is 2.33. The molecule has 1 aliphatic rings. The number of hydrogen-bond donors (Lipinski definition) is 0. The number of aromatic nitrogens is 1. The number of alkyl halides is 3. The Balaban J connectivity index is 2.45. The molecule has 0 bridgehead atoms. The summed E-state index contributed by atoms with van der Waals surface area (Å²) < 4.78 is 37.8. The lowest BCUT2D eigenvalue weighted by Crippen LogP contribution is -2.31. The summed E-state index contributed by atoms with van der Waals surface area (Å²) in [6.45, 7) is 1.15. The van der Waals surface area contributed by atoms with Crippen LogP contribution in [0.2, 0.25) is 5.15 Å². The van der Waals surface area contributed by atoms with Crippen LogP contribution < -0.4 is 5.01 Å². The quantitative estimate of drug-likeness (QED) is 0.741. The average molecular weight is 278 g/mol. The van der Waals surface area contributed by atoms with Crippen molar-refractivity contribution in [3.8, 4) is 0 Å². The van der Waals surface area contributed by atoms with Gasteiger partial charge in [-0.15, -0.1) is 0 Å². The number of hydrogen-bond acceptors (Lipinski definition) is 3. The predicted octanol–water partition coefficient (Wildman–Crippen LogP) is 2.64. The summed E-state index contributed by atoms with van der Waals surface area (Å²) in [6.07, 6.45) is -3.28. The van der Waals surface area contributed by atoms with Crippen molar-refractivity contribution in [3.05, 3.63) is 23.5 Å². The van der Waals surface area contributed by atoms with Gasteiger partial charge in [-0.05, 0) is 19.1 Å². The third kappa shape index (κ3) is 2.05. The van der Waals surface area contributed by atoms with Crippen LogP contribution in [0.25, 0.3) is 0 Å². The van der Waals surface area contributed by atoms with E-state index in [1.54, 1.807) is 0 Å². The molecule has 8 heteroatoms. The lowest BCUT2D eigenvalue weighted by Gasteiger charge is -2.12. The summed E-state index contributed by atoms with van der Waals surface area (Å²) in [5, 5.41) is 3.87. The van der Waals surface area contributed by atoms with Crippen molar-refractivity contribution in [3.63, 3.8) is 0 Å². The van der Waals surface area contributed by atoms with Gasteiger partial charge in [-0.2, -0.15) is 23.3 Å². The van der Waals surface area contributed by atoms with Gasteiger partial charge in [0.2, 0.25) is 0 Å². The standard InChI is InChI=1S/C10H7ClF3N3O/c1-5-7(10(12,13)14)16-17(9(5)18)6-3-2-4-15-8(6)11/h2-5H,1H3. The molecule has 0 saturated carbocycles. The number of pyridine rings is 1. The van der Waals surface area contributed by atoms with Crippen LogP contribution in [0.4, 0.5) is 18.9 Å². The van der Waals surface area contributed by atoms with Gasteiger partial charge < -0.3 is 0 Å². The summed E-state index contributed by atoms with van der Waals surface area (Å²) >= 11 is 5.72. The summed E-state index contributed by atoms with van der Waals surface area (Å²) in [6, 6.07) is 2.84. The molecule has 0 N–H and O–H groups in total. The third-order valence-corrected chi connectivity index (χ3v) is 2.75. The Morgan fingerprint density at radius 1 is 1.44 bits per heavy atom. The van der Waals surface area contributed by atoms with E-state index in [1.807, 2.05) is 0 Å². The van der Waals surface area contributed by atoms with Crippen LogP contribution in [-0.2, 0) is 4.79 Å². The Kier molecular flexibility index (Phi) is 3.02. The molecule has 1 unspecified atom stereocenters. The van der Waals surface area contributed by atoms with Crippen molar-refractivity contribution in [1.82, 2.24) is 4.98 Å². The molecule has 1 amide bonds. The second kappa shape index (κ2) is 4.24. The first-order valence-electron chi connectivity index (χ1n) is 4.92. The first kappa shape index (κ1) is 12.8. The van der Waals surface area contributed by atoms with E-state index in [1.165, 1.54) is 18.3 Å². The van der Waals surface area contributed by atoms with Gasteiger partial charge in [0.1, 0.15) is 5.69 Å². The van der Waals surface area contributed by atoms with Crippen LogP contribution in [0.3, 0.4) is 0 Å². The van der Waals surface area contributed by atoms with Crippen LogP contribution in [-0.4, -0.2) is 22.8 Å². The molecular weight excluding hydrogens is 271 g/mol. The SMILES string of the molecule is CC1C(=O)N(c2cccnc2Cl)N=C1C(F)(F)F. The number of anilines is 1. The fourth-order valence-corrected chi connectivity index (χ4v) is 1.75. The highest BCUT2D eigenvalue weighted by molar-refractivity contribution is 6.33. The number of hydrazone groups is 1. The van der Waals surface area contributed by atoms with E-state index in [4.69, 9.17) is 11.6 Å². The molecule has 0 aromatic carbocycles. The highest BCUT2D eigenvalue weighted by Gasteiger charge is 2.48. The Morgan fingerprint density at radius 2 is 2.11 bits per heavy atom. The van der Waals surface area contributed by atoms with E-state index in [9.17, 15) is 18.0 Å². The predicted molar refractivity (Wildman–Crippen MR) is 59.4 cm³/mol. The number of nitrogens with zero attached hydrogens (tertiary/aromatic N) is 3. The number of halogens is 4. The van der Waals surface area contributed by atoms with Crippen LogP contribution in [0.15, 0.2) is 23.4 Å². The monoisotopic (exact) mass is 277 g/mol. The lowest BCUT2D eigenvalue weighted by atomic mass is 10.1. The number of rotatable bonds is 1. The molecule has 2 rings (SSSR count). The van der Waals surface area contributed by atoms with Crippen LogP contribution in [0.5, 0.6) is 0 Å². The summed E-state index contributed by atoms with van der Waals surface area (Å²) in [5.74, 6) is -2.13. The largest absolute Gasteiger partial charge is 0.432 e. The zero-order valence-corrected chi connectivity index (χ0v) is 9.83. The smallest absolute Gasteiger partial charge is 0.272 e. The van der Waals surface area contributed by atoms with Crippen molar-refractivity contribution in [2.45, 2.75) is 13.1 Å². The van der Waals surface area contributed by atoms with Crippen molar-refractivity contribution < 1.29 is 18.0 Å². The van der Waals surface area contributed by atoms with Gasteiger partial charge in [0.15, 0.2) is 10.9 Å². The second-order valence-corrected chi connectivity index (χ2v) is 4.03. The fraction of sp³-hybridized carbons (Fsp3) is 0.300. The van der Waals surface area contributed by atoms with E-state index >= 15 is 0 Å². The van der Waals surface area contributed by atoms with E-state index in [2.05, 4.69) is 10.1 Å². The van der Waals surface area contributed by atoms with Gasteiger partial charge >= 0.3 is 6.18 Å². The molecule has 0 fully saturated rings. The lowest BCUT2D eigenvalue weighted by molar-refractivity contribution is -0.120. The number of amides is 1. The minimum atomic E-state index is -4.64. The van der Waals surface area contributed by atoms with Crippen molar-refractivity contribution in [1.29, 1.82) is 0 Å². The topological polar surface area (TPSA) is 45.6 Å². The normalized spacial score (nSPS) is 20.3. The zero-order chi connectivity index (χ0) is 13.5. The van der Waals surface area contributed by atoms with E-state index in [0.717, 1.165) is 6.92 Å². The molecule has 1 atom stereocenters. The molecule has 1 aromatic heterocycles. The molecule has 0 saturated heterocycles. The Morgan fingerprint density at radius 3 is 2.61 bits per heavy atom. The van der Waals surface area contributed by atoms with E-state index < -0.39 is 23.7 Å². The summed E-state index contributed by atoms with van der Waals surface area (Å²) in [4.78, 5) is 15.4. The fourth-order valence-electron chi connectivity index (χ4n) is 1.55. The second-order valence-electron chi connectivity index (χ2n) is 3.67. The van der Waals surface area contributed by atoms with Crippen LogP contribution in [0.1, 0.15) is 6.92 Å². The molecule has 1 aromatic rings. The molecule has 1 aliphatic heterocycles. The molecule has 18 heavy (non-hydrogen) atoms. The molecule has 0 spiro atoms. The summed E-state index contributed by atoms with van der Waals surface area (Å²) in [5.41, 5.74) is -1.09. The maximum absolute atomic E-state index is 12.6. The summed E-state index contributed by atoms with van der Waals surface area (Å²) in [7, 11) is 0. The minimum Gasteiger partial charge on any atom is -0.272 e. The Hall–Kier alpha value is -1.63. The van der Waals surface area contributed by atoms with Gasteiger partial charge in [-0.25, -0.2) is 4.98 Å². The third-order valence-electron chi connectivity index (χ3n) is 2.46. The molecular formula is C10H7ClF3N3O. The Labute approximate surface area is 105 Å². The number of carbonyl (C=O) groups excluding carboxylic acids is 1. The van der Waals surface area contributed by atoms with Crippen molar-refractivity contribution in [2.75, 3.05) is 5.01 Å². The van der Waals surface area contributed by atoms with Crippen LogP contribution in [0, 0.1) is 5.92 Å². The molecule has 96 valence electrons. The minimum absolute atomic E-state index is 0.0373. The first-order chi connectivity index (χ1) is 8.32. The Bertz CT molecular complexity index is 529. The molecule has 2 heterocycles. The highest BCUT2D eigenvalue weighted by atomic mass is 35.5. The molecule has 4 nitrogen and oxygen atoms in total. The van der Waals surface area contributed by atoms with Gasteiger partial charge in [-0.1, -0.05) is 11.6 Å².